The van der Waals surface area contributed by atoms with Crippen LogP contribution in [0.3, 0.4) is 0 Å². The molecule has 3 rings (SSSR count). The molecule has 0 bridgehead atoms. The van der Waals surface area contributed by atoms with Crippen molar-refractivity contribution in [3.63, 3.8) is 0 Å². The number of aromatic nitrogens is 1. The van der Waals surface area contributed by atoms with Gasteiger partial charge in [-0.15, -0.1) is 0 Å². The Morgan fingerprint density at radius 3 is 2.92 bits per heavy atom. The average Bonchev–Trinajstić information content (AvgIpc) is 2.60. The first kappa shape index (κ1) is 16.0. The topological polar surface area (TPSA) is 71.5 Å². The zero-order chi connectivity index (χ0) is 16.9. The van der Waals surface area contributed by atoms with Crippen LogP contribution in [0.5, 0.6) is 5.75 Å². The third-order valence-electron chi connectivity index (χ3n) is 3.83. The van der Waals surface area contributed by atoms with Crippen molar-refractivity contribution >= 4 is 17.5 Å². The molecule has 6 nitrogen and oxygen atoms in total. The Labute approximate surface area is 140 Å². The molecule has 24 heavy (non-hydrogen) atoms. The Hall–Kier alpha value is -2.89. The number of amides is 2. The van der Waals surface area contributed by atoms with Gasteiger partial charge in [0.1, 0.15) is 5.75 Å². The first-order valence-corrected chi connectivity index (χ1v) is 7.84. The monoisotopic (exact) mass is 325 g/mol. The normalized spacial score (nSPS) is 13.2. The van der Waals surface area contributed by atoms with Gasteiger partial charge < -0.3 is 15.0 Å². The van der Waals surface area contributed by atoms with Crippen LogP contribution in [0.2, 0.25) is 0 Å². The van der Waals surface area contributed by atoms with Crippen LogP contribution in [-0.2, 0) is 16.1 Å². The maximum absolute atomic E-state index is 12.0. The third kappa shape index (κ3) is 3.71. The summed E-state index contributed by atoms with van der Waals surface area (Å²) < 4.78 is 5.39. The zero-order valence-corrected chi connectivity index (χ0v) is 13.5. The fraction of sp³-hybridized carbons (Fsp3) is 0.278. The number of benzene rings is 1. The number of carbonyl (C=O) groups is 2. The summed E-state index contributed by atoms with van der Waals surface area (Å²) in [5.41, 5.74) is 2.60. The molecule has 124 valence electrons. The number of para-hydroxylation sites is 2. The van der Waals surface area contributed by atoms with Gasteiger partial charge in [0.2, 0.25) is 5.91 Å². The molecule has 2 heterocycles. The lowest BCUT2D eigenvalue weighted by atomic mass is 10.2. The van der Waals surface area contributed by atoms with Gasteiger partial charge in [-0.2, -0.15) is 0 Å². The molecule has 0 spiro atoms. The summed E-state index contributed by atoms with van der Waals surface area (Å²) in [4.78, 5) is 29.9. The molecule has 0 atom stereocenters. The lowest BCUT2D eigenvalue weighted by Gasteiger charge is -2.29. The number of pyridine rings is 1. The van der Waals surface area contributed by atoms with E-state index in [1.54, 1.807) is 11.1 Å². The minimum absolute atomic E-state index is 0.00761. The highest BCUT2D eigenvalue weighted by Crippen LogP contribution is 2.31. The van der Waals surface area contributed by atoms with Crippen molar-refractivity contribution in [3.8, 4) is 5.75 Å². The summed E-state index contributed by atoms with van der Waals surface area (Å²) in [6.45, 7) is 2.68. The predicted molar refractivity (Wildman–Crippen MR) is 89.7 cm³/mol. The maximum Gasteiger partial charge on any atom is 0.265 e. The largest absolute Gasteiger partial charge is 0.482 e. The van der Waals surface area contributed by atoms with Crippen LogP contribution in [0.25, 0.3) is 0 Å². The molecule has 1 aliphatic rings. The van der Waals surface area contributed by atoms with Gasteiger partial charge in [0.25, 0.3) is 5.91 Å². The second-order valence-electron chi connectivity index (χ2n) is 5.64. The zero-order valence-electron chi connectivity index (χ0n) is 13.5. The van der Waals surface area contributed by atoms with E-state index in [0.717, 1.165) is 11.3 Å². The molecule has 0 fully saturated rings. The van der Waals surface area contributed by atoms with Crippen molar-refractivity contribution in [1.82, 2.24) is 10.3 Å². The molecule has 1 aromatic carbocycles. The van der Waals surface area contributed by atoms with Gasteiger partial charge in [-0.05, 0) is 30.7 Å². The molecule has 1 N–H and O–H groups in total. The molecule has 2 aromatic rings. The molecule has 0 saturated carbocycles. The molecule has 1 aromatic heterocycles. The fourth-order valence-corrected chi connectivity index (χ4v) is 2.50. The Morgan fingerprint density at radius 2 is 2.12 bits per heavy atom. The highest BCUT2D eigenvalue weighted by Gasteiger charge is 2.25. The number of nitrogens with one attached hydrogen (secondary N) is 1. The summed E-state index contributed by atoms with van der Waals surface area (Å²) in [7, 11) is 0. The van der Waals surface area contributed by atoms with Crippen molar-refractivity contribution in [1.29, 1.82) is 0 Å². The molecule has 0 saturated heterocycles. The van der Waals surface area contributed by atoms with Crippen molar-refractivity contribution in [3.05, 3.63) is 53.9 Å². The highest BCUT2D eigenvalue weighted by molar-refractivity contribution is 5.98. The lowest BCUT2D eigenvalue weighted by molar-refractivity contribution is -0.122. The summed E-state index contributed by atoms with van der Waals surface area (Å²) in [5.74, 6) is 0.430. The van der Waals surface area contributed by atoms with Crippen molar-refractivity contribution in [2.45, 2.75) is 19.9 Å². The summed E-state index contributed by atoms with van der Waals surface area (Å²) in [5, 5.41) is 2.85. The number of nitrogens with zero attached hydrogens (tertiary/aromatic N) is 2. The highest BCUT2D eigenvalue weighted by atomic mass is 16.5. The number of aryl methyl sites for hydroxylation is 1. The van der Waals surface area contributed by atoms with Crippen LogP contribution in [-0.4, -0.2) is 29.9 Å². The number of hydrogen-bond donors (Lipinski definition) is 1. The number of ether oxygens (including phenoxy) is 1. The van der Waals surface area contributed by atoms with Gasteiger partial charge in [-0.1, -0.05) is 18.2 Å². The first-order chi connectivity index (χ1) is 11.6. The second kappa shape index (κ2) is 7.12. The van der Waals surface area contributed by atoms with E-state index in [-0.39, 0.29) is 24.8 Å². The Kier molecular flexibility index (Phi) is 4.74. The second-order valence-corrected chi connectivity index (χ2v) is 5.64. The van der Waals surface area contributed by atoms with E-state index in [1.807, 2.05) is 43.3 Å². The first-order valence-electron chi connectivity index (χ1n) is 7.84. The minimum Gasteiger partial charge on any atom is -0.482 e. The van der Waals surface area contributed by atoms with Gasteiger partial charge in [0, 0.05) is 31.4 Å². The average molecular weight is 325 g/mol. The predicted octanol–water partition coefficient (Wildman–Crippen LogP) is 1.82. The van der Waals surface area contributed by atoms with E-state index in [0.29, 0.717) is 24.5 Å². The molecule has 0 unspecified atom stereocenters. The van der Waals surface area contributed by atoms with Crippen LogP contribution in [0.15, 0.2) is 42.6 Å². The molecular formula is C18H19N3O3. The Balaban J connectivity index is 1.54. The quantitative estimate of drug-likeness (QED) is 0.910. The molecule has 0 radical (unpaired) electrons. The lowest BCUT2D eigenvalue weighted by Crippen LogP contribution is -2.41. The molecule has 0 aliphatic carbocycles. The standard InChI is InChI=1S/C18H19N3O3/c1-13-6-7-14(10-19-13)11-20-17(22)8-9-21-15-4-2-3-5-16(15)24-12-18(21)23/h2-7,10H,8-9,11-12H2,1H3,(H,20,22). The summed E-state index contributed by atoms with van der Waals surface area (Å²) in [6.07, 6.45) is 1.98. The smallest absolute Gasteiger partial charge is 0.265 e. The van der Waals surface area contributed by atoms with E-state index in [4.69, 9.17) is 4.74 Å². The van der Waals surface area contributed by atoms with E-state index in [2.05, 4.69) is 10.3 Å². The van der Waals surface area contributed by atoms with Crippen molar-refractivity contribution in [2.75, 3.05) is 18.1 Å². The molecule has 1 aliphatic heterocycles. The molecule has 6 heteroatoms. The van der Waals surface area contributed by atoms with Gasteiger partial charge in [0.05, 0.1) is 5.69 Å². The van der Waals surface area contributed by atoms with E-state index < -0.39 is 0 Å². The summed E-state index contributed by atoms with van der Waals surface area (Å²) in [6, 6.07) is 11.2. The van der Waals surface area contributed by atoms with Gasteiger partial charge >= 0.3 is 0 Å². The fourth-order valence-electron chi connectivity index (χ4n) is 2.50. The maximum atomic E-state index is 12.0. The van der Waals surface area contributed by atoms with Crippen LogP contribution >= 0.6 is 0 Å². The molecule has 2 amide bonds. The Bertz CT molecular complexity index is 743. The van der Waals surface area contributed by atoms with E-state index in [9.17, 15) is 9.59 Å². The van der Waals surface area contributed by atoms with Gasteiger partial charge in [0.15, 0.2) is 6.61 Å². The van der Waals surface area contributed by atoms with Crippen LogP contribution in [0.1, 0.15) is 17.7 Å². The number of fused-ring (bicyclic) bond motifs is 1. The van der Waals surface area contributed by atoms with E-state index >= 15 is 0 Å². The van der Waals surface area contributed by atoms with Crippen LogP contribution in [0.4, 0.5) is 5.69 Å². The SMILES string of the molecule is Cc1ccc(CNC(=O)CCN2C(=O)COc3ccccc32)cn1. The number of hydrogen-bond acceptors (Lipinski definition) is 4. The van der Waals surface area contributed by atoms with Crippen molar-refractivity contribution < 1.29 is 14.3 Å². The van der Waals surface area contributed by atoms with Crippen LogP contribution in [0, 0.1) is 6.92 Å². The van der Waals surface area contributed by atoms with Crippen LogP contribution < -0.4 is 15.0 Å². The number of rotatable bonds is 5. The number of carbonyl (C=O) groups excluding carboxylic acids is 2. The minimum atomic E-state index is -0.135. The Morgan fingerprint density at radius 1 is 1.29 bits per heavy atom. The van der Waals surface area contributed by atoms with Gasteiger partial charge in [-0.25, -0.2) is 0 Å². The van der Waals surface area contributed by atoms with Gasteiger partial charge in [-0.3, -0.25) is 14.6 Å². The third-order valence-corrected chi connectivity index (χ3v) is 3.83. The van der Waals surface area contributed by atoms with Crippen molar-refractivity contribution in [2.24, 2.45) is 0 Å². The summed E-state index contributed by atoms with van der Waals surface area (Å²) >= 11 is 0. The molecular weight excluding hydrogens is 306 g/mol. The van der Waals surface area contributed by atoms with E-state index in [1.165, 1.54) is 0 Å². The number of anilines is 1.